The van der Waals surface area contributed by atoms with E-state index in [0.717, 1.165) is 6.42 Å². The average molecular weight is 311 g/mol. The smallest absolute Gasteiger partial charge is 0.216 e. The second-order valence-electron chi connectivity index (χ2n) is 5.04. The Bertz CT molecular complexity index is 347. The zero-order valence-electron chi connectivity index (χ0n) is 13.5. The molecule has 0 aromatic rings. The number of carbonyl (C=O) groups excluding carboxylic acids is 2. The second kappa shape index (κ2) is 15.4. The van der Waals surface area contributed by atoms with Gasteiger partial charge in [-0.3, -0.25) is 9.59 Å². The molecule has 0 radical (unpaired) electrons. The Kier molecular flexibility index (Phi) is 14.7. The molecule has 0 aliphatic heterocycles. The Hall–Kier alpha value is -0.990. The zero-order chi connectivity index (χ0) is 15.8. The number of amides is 1. The number of thioether (sulfide) groups is 1. The van der Waals surface area contributed by atoms with Crippen molar-refractivity contribution in [2.75, 3.05) is 12.3 Å². The summed E-state index contributed by atoms with van der Waals surface area (Å²) >= 11 is 1.26. The third-order valence-electron chi connectivity index (χ3n) is 2.95. The summed E-state index contributed by atoms with van der Waals surface area (Å²) in [4.78, 5) is 22.1. The van der Waals surface area contributed by atoms with E-state index in [4.69, 9.17) is 0 Å². The third-order valence-corrected chi connectivity index (χ3v) is 3.84. The van der Waals surface area contributed by atoms with Crippen LogP contribution in [0.5, 0.6) is 0 Å². The lowest BCUT2D eigenvalue weighted by molar-refractivity contribution is -0.118. The molecule has 1 amide bonds. The monoisotopic (exact) mass is 311 g/mol. The first-order valence-corrected chi connectivity index (χ1v) is 8.94. The van der Waals surface area contributed by atoms with Crippen LogP contribution >= 0.6 is 11.8 Å². The molecule has 0 rings (SSSR count). The van der Waals surface area contributed by atoms with Gasteiger partial charge in [0.25, 0.3) is 0 Å². The lowest BCUT2D eigenvalue weighted by atomic mass is 10.1. The van der Waals surface area contributed by atoms with E-state index in [9.17, 15) is 9.59 Å². The minimum atomic E-state index is -0.0550. The fourth-order valence-corrected chi connectivity index (χ4v) is 2.42. The first kappa shape index (κ1) is 20.0. The zero-order valence-corrected chi connectivity index (χ0v) is 14.3. The summed E-state index contributed by atoms with van der Waals surface area (Å²) in [5.41, 5.74) is 3.07. The standard InChI is InChI=1S/C17H29NO2S/c1-3-4-5-6-7-8-9-10-11-12-13-17(20)21-15-14-18-16(2)19/h10,12H,3-9,13-15H2,1-2H3,(H,18,19). The summed E-state index contributed by atoms with van der Waals surface area (Å²) < 4.78 is 0. The van der Waals surface area contributed by atoms with Crippen LogP contribution in [0.3, 0.4) is 0 Å². The van der Waals surface area contributed by atoms with Crippen LogP contribution in [0, 0.1) is 0 Å². The van der Waals surface area contributed by atoms with Gasteiger partial charge in [-0.1, -0.05) is 50.8 Å². The summed E-state index contributed by atoms with van der Waals surface area (Å²) in [7, 11) is 0. The van der Waals surface area contributed by atoms with Crippen LogP contribution < -0.4 is 5.32 Å². The third kappa shape index (κ3) is 17.0. The van der Waals surface area contributed by atoms with Gasteiger partial charge in [-0.2, -0.15) is 0 Å². The van der Waals surface area contributed by atoms with Gasteiger partial charge in [-0.15, -0.1) is 5.73 Å². The molecule has 0 aliphatic carbocycles. The Balaban J connectivity index is 3.45. The predicted molar refractivity (Wildman–Crippen MR) is 91.4 cm³/mol. The van der Waals surface area contributed by atoms with Gasteiger partial charge >= 0.3 is 0 Å². The average Bonchev–Trinajstić information content (AvgIpc) is 2.45. The van der Waals surface area contributed by atoms with Crippen molar-refractivity contribution in [3.63, 3.8) is 0 Å². The molecule has 4 heteroatoms. The summed E-state index contributed by atoms with van der Waals surface area (Å²) in [6.45, 7) is 4.25. The van der Waals surface area contributed by atoms with Crippen molar-refractivity contribution in [2.24, 2.45) is 0 Å². The lowest BCUT2D eigenvalue weighted by Crippen LogP contribution is -2.22. The summed E-state index contributed by atoms with van der Waals surface area (Å²) in [6.07, 6.45) is 13.1. The molecule has 0 aliphatic rings. The van der Waals surface area contributed by atoms with Crippen LogP contribution in [0.2, 0.25) is 0 Å². The first-order chi connectivity index (χ1) is 10.2. The van der Waals surface area contributed by atoms with Crippen LogP contribution in [0.15, 0.2) is 17.9 Å². The molecule has 0 saturated carbocycles. The fraction of sp³-hybridized carbons (Fsp3) is 0.706. The maximum atomic E-state index is 11.5. The van der Waals surface area contributed by atoms with Crippen molar-refractivity contribution >= 4 is 22.8 Å². The predicted octanol–water partition coefficient (Wildman–Crippen LogP) is 4.23. The van der Waals surface area contributed by atoms with Crippen molar-refractivity contribution in [1.82, 2.24) is 5.32 Å². The van der Waals surface area contributed by atoms with E-state index in [-0.39, 0.29) is 11.0 Å². The Labute approximate surface area is 133 Å². The molecule has 0 unspecified atom stereocenters. The van der Waals surface area contributed by atoms with Crippen molar-refractivity contribution in [1.29, 1.82) is 0 Å². The van der Waals surface area contributed by atoms with Crippen molar-refractivity contribution in [3.05, 3.63) is 17.9 Å². The maximum Gasteiger partial charge on any atom is 0.216 e. The summed E-state index contributed by atoms with van der Waals surface area (Å²) in [5, 5.41) is 2.79. The van der Waals surface area contributed by atoms with Crippen LogP contribution in [0.1, 0.15) is 65.2 Å². The normalized spacial score (nSPS) is 9.81. The summed E-state index contributed by atoms with van der Waals surface area (Å²) in [6, 6.07) is 0. The Morgan fingerprint density at radius 1 is 1.10 bits per heavy atom. The van der Waals surface area contributed by atoms with E-state index in [1.165, 1.54) is 57.2 Å². The minimum Gasteiger partial charge on any atom is -0.356 e. The molecule has 0 spiro atoms. The van der Waals surface area contributed by atoms with Crippen LogP contribution in [-0.2, 0) is 9.59 Å². The van der Waals surface area contributed by atoms with Gasteiger partial charge in [-0.05, 0) is 25.0 Å². The Morgan fingerprint density at radius 2 is 1.81 bits per heavy atom. The second-order valence-corrected chi connectivity index (χ2v) is 6.19. The minimum absolute atomic E-state index is 0.0550. The number of hydrogen-bond acceptors (Lipinski definition) is 3. The molecule has 0 heterocycles. The highest BCUT2D eigenvalue weighted by molar-refractivity contribution is 8.13. The van der Waals surface area contributed by atoms with Crippen LogP contribution in [0.4, 0.5) is 0 Å². The van der Waals surface area contributed by atoms with Gasteiger partial charge < -0.3 is 5.32 Å². The largest absolute Gasteiger partial charge is 0.356 e. The first-order valence-electron chi connectivity index (χ1n) is 7.96. The van der Waals surface area contributed by atoms with Crippen molar-refractivity contribution in [2.45, 2.75) is 65.2 Å². The van der Waals surface area contributed by atoms with E-state index in [1.54, 1.807) is 6.08 Å². The van der Waals surface area contributed by atoms with Gasteiger partial charge in [0.15, 0.2) is 5.12 Å². The molecule has 0 aromatic carbocycles. The van der Waals surface area contributed by atoms with Crippen LogP contribution in [0.25, 0.3) is 0 Å². The molecule has 0 aromatic heterocycles. The molecule has 0 fully saturated rings. The van der Waals surface area contributed by atoms with Gasteiger partial charge in [0.1, 0.15) is 0 Å². The van der Waals surface area contributed by atoms with Gasteiger partial charge in [0, 0.05) is 25.6 Å². The quantitative estimate of drug-likeness (QED) is 0.433. The van der Waals surface area contributed by atoms with Crippen molar-refractivity contribution < 1.29 is 9.59 Å². The van der Waals surface area contributed by atoms with E-state index in [2.05, 4.69) is 18.0 Å². The molecule has 0 atom stereocenters. The molecule has 0 saturated heterocycles. The number of hydrogen-bond donors (Lipinski definition) is 1. The van der Waals surface area contributed by atoms with E-state index >= 15 is 0 Å². The van der Waals surface area contributed by atoms with Gasteiger partial charge in [0.05, 0.1) is 0 Å². The van der Waals surface area contributed by atoms with Gasteiger partial charge in [0.2, 0.25) is 5.91 Å². The Morgan fingerprint density at radius 3 is 2.52 bits per heavy atom. The molecule has 1 N–H and O–H groups in total. The van der Waals surface area contributed by atoms with E-state index < -0.39 is 0 Å². The van der Waals surface area contributed by atoms with Gasteiger partial charge in [-0.25, -0.2) is 0 Å². The number of nitrogens with one attached hydrogen (secondary N) is 1. The molecular formula is C17H29NO2S. The number of allylic oxidation sites excluding steroid dienone is 1. The maximum absolute atomic E-state index is 11.5. The number of unbranched alkanes of at least 4 members (excludes halogenated alkanes) is 6. The number of carbonyl (C=O) groups is 2. The molecule has 120 valence electrons. The van der Waals surface area contributed by atoms with E-state index in [0.29, 0.717) is 18.7 Å². The van der Waals surface area contributed by atoms with Crippen molar-refractivity contribution in [3.8, 4) is 0 Å². The number of rotatable bonds is 12. The SMILES string of the molecule is CCCCCCCCC=C=CCC(=O)SCCNC(C)=O. The highest BCUT2D eigenvalue weighted by Gasteiger charge is 1.99. The summed E-state index contributed by atoms with van der Waals surface area (Å²) in [5.74, 6) is 0.578. The highest BCUT2D eigenvalue weighted by atomic mass is 32.2. The molecule has 3 nitrogen and oxygen atoms in total. The highest BCUT2D eigenvalue weighted by Crippen LogP contribution is 2.07. The molecule has 0 bridgehead atoms. The van der Waals surface area contributed by atoms with E-state index in [1.807, 2.05) is 6.08 Å². The van der Waals surface area contributed by atoms with Crippen LogP contribution in [-0.4, -0.2) is 23.3 Å². The molecular weight excluding hydrogens is 282 g/mol. The fourth-order valence-electron chi connectivity index (χ4n) is 1.79. The lowest BCUT2D eigenvalue weighted by Gasteiger charge is -1.99. The topological polar surface area (TPSA) is 46.2 Å². The molecule has 21 heavy (non-hydrogen) atoms.